The van der Waals surface area contributed by atoms with E-state index in [4.69, 9.17) is 19.9 Å². The molecule has 1 saturated heterocycles. The molecule has 5 rings (SSSR count). The maximum Gasteiger partial charge on any atom is 0.307 e. The molecule has 7 nitrogen and oxygen atoms in total. The Hall–Kier alpha value is -1.44. The summed E-state index contributed by atoms with van der Waals surface area (Å²) in [6, 6.07) is 0. The summed E-state index contributed by atoms with van der Waals surface area (Å²) in [4.78, 5) is 25.7. The molecule has 2 bridgehead atoms. The lowest BCUT2D eigenvalue weighted by Crippen LogP contribution is -2.70. The summed E-state index contributed by atoms with van der Waals surface area (Å²) in [5.41, 5.74) is 5.92. The molecule has 5 aliphatic rings. The Labute approximate surface area is 260 Å². The SMILES string of the molecule is CC(=O)O[C@@H]1C[C@]23COC[C@@](C)([C@@H]2CC[C@H]2C3=CC[C@@]3(C)[C@H](C(=O)O)[C@@](C)([C@H](C)C(C)C)CC[C@]23C)[C@H]1OCCCCN. The molecule has 43 heavy (non-hydrogen) atoms. The lowest BCUT2D eigenvalue weighted by molar-refractivity contribution is -0.267. The van der Waals surface area contributed by atoms with Crippen LogP contribution in [-0.2, 0) is 23.8 Å². The topological polar surface area (TPSA) is 108 Å². The average Bonchev–Trinajstić information content (AvgIpc) is 2.92. The van der Waals surface area contributed by atoms with E-state index in [1.54, 1.807) is 0 Å². The van der Waals surface area contributed by atoms with Gasteiger partial charge in [-0.15, -0.1) is 0 Å². The first-order chi connectivity index (χ1) is 20.1. The largest absolute Gasteiger partial charge is 0.481 e. The minimum atomic E-state index is -0.636. The summed E-state index contributed by atoms with van der Waals surface area (Å²) in [6.45, 7) is 20.0. The van der Waals surface area contributed by atoms with Crippen LogP contribution in [0.15, 0.2) is 11.6 Å². The van der Waals surface area contributed by atoms with Gasteiger partial charge in [-0.2, -0.15) is 0 Å². The van der Waals surface area contributed by atoms with E-state index in [9.17, 15) is 14.7 Å². The standard InChI is InChI=1S/C36H59NO6/c1-22(2)23(3)32(5)15-16-34(7)25-11-12-28-33(6)20-41-21-36(28,26(25)13-14-35(34,8)29(32)31(39)40)19-27(43-24(4)38)30(33)42-18-10-9-17-37/h13,22-23,25,27-30H,9-12,14-21,37H2,1-8H3,(H,39,40)/t23-,25+,27-,28+,29-,30+,32-,33+,34-,35+,36-/m1/s1. The fraction of sp³-hybridized carbons (Fsp3) is 0.889. The average molecular weight is 602 g/mol. The second-order valence-electron chi connectivity index (χ2n) is 16.5. The number of carbonyl (C=O) groups excluding carboxylic acids is 1. The Morgan fingerprint density at radius 3 is 2.42 bits per heavy atom. The van der Waals surface area contributed by atoms with Crippen molar-refractivity contribution in [2.75, 3.05) is 26.4 Å². The van der Waals surface area contributed by atoms with Crippen molar-refractivity contribution in [3.63, 3.8) is 0 Å². The van der Waals surface area contributed by atoms with Gasteiger partial charge in [0.05, 0.1) is 19.1 Å². The number of aliphatic carboxylic acids is 1. The Morgan fingerprint density at radius 1 is 1.07 bits per heavy atom. The maximum atomic E-state index is 13.3. The summed E-state index contributed by atoms with van der Waals surface area (Å²) in [6.07, 6.45) is 9.21. The van der Waals surface area contributed by atoms with E-state index < -0.39 is 11.9 Å². The van der Waals surface area contributed by atoms with Crippen LogP contribution in [0.4, 0.5) is 0 Å². The second kappa shape index (κ2) is 11.4. The Balaban J connectivity index is 1.56. The third kappa shape index (κ3) is 4.76. The lowest BCUT2D eigenvalue weighted by Gasteiger charge is -2.71. The predicted molar refractivity (Wildman–Crippen MR) is 167 cm³/mol. The van der Waals surface area contributed by atoms with Gasteiger partial charge in [0.2, 0.25) is 0 Å². The van der Waals surface area contributed by atoms with Gasteiger partial charge in [-0.1, -0.05) is 60.1 Å². The smallest absolute Gasteiger partial charge is 0.307 e. The highest BCUT2D eigenvalue weighted by molar-refractivity contribution is 5.73. The van der Waals surface area contributed by atoms with Gasteiger partial charge in [0, 0.05) is 24.4 Å². The number of rotatable bonds is 9. The minimum Gasteiger partial charge on any atom is -0.481 e. The summed E-state index contributed by atoms with van der Waals surface area (Å²) in [5.74, 6) is 0.0671. The van der Waals surface area contributed by atoms with Crippen LogP contribution in [0.3, 0.4) is 0 Å². The molecular formula is C36H59NO6. The maximum absolute atomic E-state index is 13.3. The van der Waals surface area contributed by atoms with Crippen LogP contribution in [0.1, 0.15) is 107 Å². The van der Waals surface area contributed by atoms with E-state index in [1.165, 1.54) is 12.5 Å². The number of esters is 1. The second-order valence-corrected chi connectivity index (χ2v) is 16.5. The Morgan fingerprint density at radius 2 is 1.79 bits per heavy atom. The zero-order chi connectivity index (χ0) is 31.6. The predicted octanol–water partition coefficient (Wildman–Crippen LogP) is 6.63. The molecule has 4 fully saturated rings. The summed E-state index contributed by atoms with van der Waals surface area (Å²) in [7, 11) is 0. The molecule has 0 amide bonds. The number of carboxylic acids is 1. The van der Waals surface area contributed by atoms with Crippen LogP contribution in [-0.4, -0.2) is 55.6 Å². The number of carbonyl (C=O) groups is 2. The van der Waals surface area contributed by atoms with Gasteiger partial charge < -0.3 is 25.1 Å². The third-order valence-corrected chi connectivity index (χ3v) is 14.3. The molecule has 0 aromatic carbocycles. The molecule has 0 aromatic heterocycles. The normalized spacial score (nSPS) is 46.2. The van der Waals surface area contributed by atoms with Crippen molar-refractivity contribution in [2.45, 2.75) is 119 Å². The molecule has 1 heterocycles. The molecule has 0 spiro atoms. The summed E-state index contributed by atoms with van der Waals surface area (Å²) >= 11 is 0. The van der Waals surface area contributed by atoms with Crippen LogP contribution in [0, 0.1) is 56.7 Å². The van der Waals surface area contributed by atoms with Gasteiger partial charge in [0.1, 0.15) is 12.2 Å². The van der Waals surface area contributed by atoms with E-state index in [2.05, 4.69) is 54.5 Å². The van der Waals surface area contributed by atoms with Crippen molar-refractivity contribution in [3.05, 3.63) is 11.6 Å². The lowest BCUT2D eigenvalue weighted by atomic mass is 9.34. The van der Waals surface area contributed by atoms with Gasteiger partial charge in [-0.05, 0) is 97.8 Å². The number of unbranched alkanes of at least 4 members (excludes halogenated alkanes) is 1. The van der Waals surface area contributed by atoms with Gasteiger partial charge in [-0.3, -0.25) is 9.59 Å². The van der Waals surface area contributed by atoms with E-state index in [0.717, 1.165) is 44.9 Å². The molecule has 11 atom stereocenters. The molecule has 4 aliphatic carbocycles. The zero-order valence-corrected chi connectivity index (χ0v) is 28.2. The first-order valence-electron chi connectivity index (χ1n) is 17.1. The fourth-order valence-corrected chi connectivity index (χ4v) is 11.6. The number of fused-ring (bicyclic) bond motifs is 3. The van der Waals surface area contributed by atoms with Crippen molar-refractivity contribution in [2.24, 2.45) is 62.4 Å². The molecule has 244 valence electrons. The van der Waals surface area contributed by atoms with Crippen LogP contribution in [0.5, 0.6) is 0 Å². The van der Waals surface area contributed by atoms with Crippen LogP contribution >= 0.6 is 0 Å². The Kier molecular flexibility index (Phi) is 8.75. The molecule has 0 aromatic rings. The highest BCUT2D eigenvalue weighted by atomic mass is 16.6. The number of ether oxygens (including phenoxy) is 3. The number of allylic oxidation sites excluding steroid dienone is 1. The molecule has 0 unspecified atom stereocenters. The van der Waals surface area contributed by atoms with Crippen molar-refractivity contribution in [1.29, 1.82) is 0 Å². The summed E-state index contributed by atoms with van der Waals surface area (Å²) < 4.78 is 19.2. The molecule has 0 radical (unpaired) electrons. The third-order valence-electron chi connectivity index (χ3n) is 14.3. The first kappa shape index (κ1) is 32.9. The fourth-order valence-electron chi connectivity index (χ4n) is 11.6. The number of nitrogens with two attached hydrogens (primary N) is 1. The summed E-state index contributed by atoms with van der Waals surface area (Å²) in [5, 5.41) is 10.9. The molecule has 3 saturated carbocycles. The zero-order valence-electron chi connectivity index (χ0n) is 28.2. The van der Waals surface area contributed by atoms with Crippen LogP contribution in [0.2, 0.25) is 0 Å². The first-order valence-corrected chi connectivity index (χ1v) is 17.1. The van der Waals surface area contributed by atoms with Gasteiger partial charge in [0.25, 0.3) is 0 Å². The molecule has 7 heteroatoms. The minimum absolute atomic E-state index is 0.142. The number of hydrogen-bond acceptors (Lipinski definition) is 6. The van der Waals surface area contributed by atoms with Crippen molar-refractivity contribution >= 4 is 11.9 Å². The van der Waals surface area contributed by atoms with Gasteiger partial charge >= 0.3 is 11.9 Å². The van der Waals surface area contributed by atoms with E-state index in [0.29, 0.717) is 50.5 Å². The highest BCUT2D eigenvalue weighted by Gasteiger charge is 2.72. The number of carboxylic acid groups (broad SMARTS) is 1. The van der Waals surface area contributed by atoms with Gasteiger partial charge in [-0.25, -0.2) is 0 Å². The van der Waals surface area contributed by atoms with Crippen LogP contribution in [0.25, 0.3) is 0 Å². The Bertz CT molecular complexity index is 1120. The van der Waals surface area contributed by atoms with E-state index in [1.807, 2.05) is 0 Å². The van der Waals surface area contributed by atoms with E-state index >= 15 is 0 Å². The van der Waals surface area contributed by atoms with Crippen molar-refractivity contribution < 1.29 is 28.9 Å². The van der Waals surface area contributed by atoms with Crippen molar-refractivity contribution in [3.8, 4) is 0 Å². The van der Waals surface area contributed by atoms with Crippen molar-refractivity contribution in [1.82, 2.24) is 0 Å². The molecule has 3 N–H and O–H groups in total. The molecular weight excluding hydrogens is 542 g/mol. The quantitative estimate of drug-likeness (QED) is 0.173. The van der Waals surface area contributed by atoms with E-state index in [-0.39, 0.29) is 51.2 Å². The van der Waals surface area contributed by atoms with Gasteiger partial charge in [0.15, 0.2) is 0 Å². The highest BCUT2D eigenvalue weighted by Crippen LogP contribution is 2.75. The monoisotopic (exact) mass is 601 g/mol. The number of hydrogen-bond donors (Lipinski definition) is 2. The molecule has 1 aliphatic heterocycles. The van der Waals surface area contributed by atoms with Crippen LogP contribution < -0.4 is 5.73 Å².